The maximum absolute atomic E-state index is 13.0. The maximum Gasteiger partial charge on any atom is 0.274 e. The van der Waals surface area contributed by atoms with E-state index < -0.39 is 0 Å². The summed E-state index contributed by atoms with van der Waals surface area (Å²) in [7, 11) is 1.72. The highest BCUT2D eigenvalue weighted by Crippen LogP contribution is 2.18. The van der Waals surface area contributed by atoms with E-state index in [0.717, 1.165) is 5.56 Å². The Bertz CT molecular complexity index is 1010. The lowest BCUT2D eigenvalue weighted by atomic mass is 10.1. The maximum atomic E-state index is 13.0. The van der Waals surface area contributed by atoms with Crippen molar-refractivity contribution in [2.24, 2.45) is 0 Å². The highest BCUT2D eigenvalue weighted by molar-refractivity contribution is 6.30. The molecule has 1 aromatic heterocycles. The molecule has 6 heteroatoms. The Morgan fingerprint density at radius 3 is 2.35 bits per heavy atom. The van der Waals surface area contributed by atoms with Crippen LogP contribution in [-0.4, -0.2) is 27.6 Å². The van der Waals surface area contributed by atoms with Crippen LogP contribution in [0.5, 0.6) is 0 Å². The van der Waals surface area contributed by atoms with Crippen LogP contribution in [0, 0.1) is 0 Å². The molecular formula is C20H20ClN3O2. The van der Waals surface area contributed by atoms with Gasteiger partial charge in [-0.1, -0.05) is 41.9 Å². The largest absolute Gasteiger partial charge is 0.336 e. The Labute approximate surface area is 156 Å². The number of hydrogen-bond donors (Lipinski definition) is 0. The fourth-order valence-corrected chi connectivity index (χ4v) is 2.96. The van der Waals surface area contributed by atoms with Crippen molar-refractivity contribution in [1.82, 2.24) is 14.7 Å². The smallest absolute Gasteiger partial charge is 0.274 e. The lowest BCUT2D eigenvalue weighted by molar-refractivity contribution is 0.0778. The number of carbonyl (C=O) groups excluding carboxylic acids is 1. The molecule has 2 aromatic carbocycles. The molecule has 0 N–H and O–H groups in total. The molecule has 26 heavy (non-hydrogen) atoms. The molecule has 0 aliphatic carbocycles. The van der Waals surface area contributed by atoms with Gasteiger partial charge >= 0.3 is 0 Å². The van der Waals surface area contributed by atoms with Crippen molar-refractivity contribution in [3.05, 3.63) is 75.2 Å². The second-order valence-electron chi connectivity index (χ2n) is 6.53. The van der Waals surface area contributed by atoms with Gasteiger partial charge < -0.3 is 4.90 Å². The molecule has 0 bridgehead atoms. The summed E-state index contributed by atoms with van der Waals surface area (Å²) in [4.78, 5) is 27.2. The third kappa shape index (κ3) is 3.48. The Morgan fingerprint density at radius 1 is 1.12 bits per heavy atom. The van der Waals surface area contributed by atoms with E-state index in [1.54, 1.807) is 48.3 Å². The van der Waals surface area contributed by atoms with Gasteiger partial charge in [-0.3, -0.25) is 9.59 Å². The predicted octanol–water partition coefficient (Wildman–Crippen LogP) is 3.90. The normalized spacial score (nSPS) is 11.1. The number of fused-ring (bicyclic) bond motifs is 1. The first-order valence-electron chi connectivity index (χ1n) is 8.40. The SMILES string of the molecule is CC(C)n1nc(C(=O)N(C)Cc2ccc(Cl)cc2)c2ccccc2c1=O. The lowest BCUT2D eigenvalue weighted by Gasteiger charge is -2.19. The summed E-state index contributed by atoms with van der Waals surface area (Å²) in [5.74, 6) is -0.231. The molecule has 0 saturated carbocycles. The summed E-state index contributed by atoms with van der Waals surface area (Å²) in [5, 5.41) is 6.09. The minimum atomic E-state index is -0.231. The summed E-state index contributed by atoms with van der Waals surface area (Å²) in [6, 6.07) is 14.3. The molecule has 0 radical (unpaired) electrons. The number of hydrogen-bond acceptors (Lipinski definition) is 3. The van der Waals surface area contributed by atoms with Gasteiger partial charge in [0.1, 0.15) is 0 Å². The van der Waals surface area contributed by atoms with Crippen molar-refractivity contribution in [2.75, 3.05) is 7.05 Å². The molecule has 0 fully saturated rings. The number of amides is 1. The van der Waals surface area contributed by atoms with E-state index in [-0.39, 0.29) is 23.2 Å². The molecule has 134 valence electrons. The summed E-state index contributed by atoms with van der Waals surface area (Å²) in [5.41, 5.74) is 1.06. The molecule has 0 spiro atoms. The molecule has 1 heterocycles. The molecule has 3 aromatic rings. The number of aromatic nitrogens is 2. The quantitative estimate of drug-likeness (QED) is 0.700. The highest BCUT2D eigenvalue weighted by Gasteiger charge is 2.20. The van der Waals surface area contributed by atoms with Crippen LogP contribution < -0.4 is 5.56 Å². The first kappa shape index (κ1) is 18.1. The highest BCUT2D eigenvalue weighted by atomic mass is 35.5. The standard InChI is InChI=1S/C20H20ClN3O2/c1-13(2)24-19(25)17-7-5-4-6-16(17)18(22-24)20(26)23(3)12-14-8-10-15(21)11-9-14/h4-11,13H,12H2,1-3H3. The number of halogens is 1. The van der Waals surface area contributed by atoms with Crippen LogP contribution in [0.15, 0.2) is 53.3 Å². The Hall–Kier alpha value is -2.66. The molecule has 0 aliphatic heterocycles. The molecule has 1 amide bonds. The van der Waals surface area contributed by atoms with E-state index in [1.807, 2.05) is 26.0 Å². The van der Waals surface area contributed by atoms with Gasteiger partial charge in [0.05, 0.1) is 11.4 Å². The Balaban J connectivity index is 2.03. The Kier molecular flexibility index (Phi) is 5.09. The zero-order chi connectivity index (χ0) is 18.8. The summed E-state index contributed by atoms with van der Waals surface area (Å²) < 4.78 is 1.37. The van der Waals surface area contributed by atoms with Crippen molar-refractivity contribution in [3.8, 4) is 0 Å². The van der Waals surface area contributed by atoms with Crippen molar-refractivity contribution >= 4 is 28.3 Å². The van der Waals surface area contributed by atoms with Gasteiger partial charge in [0, 0.05) is 24.0 Å². The number of nitrogens with zero attached hydrogens (tertiary/aromatic N) is 3. The van der Waals surface area contributed by atoms with E-state index in [1.165, 1.54) is 4.68 Å². The van der Waals surface area contributed by atoms with Crippen molar-refractivity contribution in [2.45, 2.75) is 26.4 Å². The Morgan fingerprint density at radius 2 is 1.73 bits per heavy atom. The summed E-state index contributed by atoms with van der Waals surface area (Å²) in [6.07, 6.45) is 0. The zero-order valence-corrected chi connectivity index (χ0v) is 15.7. The molecule has 0 saturated heterocycles. The molecular weight excluding hydrogens is 350 g/mol. The lowest BCUT2D eigenvalue weighted by Crippen LogP contribution is -2.32. The van der Waals surface area contributed by atoms with Crippen LogP contribution in [0.1, 0.15) is 35.9 Å². The van der Waals surface area contributed by atoms with Crippen LogP contribution >= 0.6 is 11.6 Å². The van der Waals surface area contributed by atoms with Crippen LogP contribution in [0.2, 0.25) is 5.02 Å². The van der Waals surface area contributed by atoms with Crippen molar-refractivity contribution in [3.63, 3.8) is 0 Å². The van der Waals surface area contributed by atoms with Gasteiger partial charge in [0.15, 0.2) is 5.69 Å². The molecule has 5 nitrogen and oxygen atoms in total. The molecule has 0 aliphatic rings. The summed E-state index contributed by atoms with van der Waals surface area (Å²) in [6.45, 7) is 4.16. The van der Waals surface area contributed by atoms with Crippen LogP contribution in [0.4, 0.5) is 0 Å². The minimum Gasteiger partial charge on any atom is -0.336 e. The number of carbonyl (C=O) groups is 1. The average molecular weight is 370 g/mol. The van der Waals surface area contributed by atoms with Gasteiger partial charge in [0.2, 0.25) is 0 Å². The van der Waals surface area contributed by atoms with E-state index >= 15 is 0 Å². The predicted molar refractivity (Wildman–Crippen MR) is 104 cm³/mol. The minimum absolute atomic E-state index is 0.139. The first-order chi connectivity index (χ1) is 12.4. The van der Waals surface area contributed by atoms with Crippen LogP contribution in [0.3, 0.4) is 0 Å². The second kappa shape index (κ2) is 7.30. The van der Waals surface area contributed by atoms with E-state index in [0.29, 0.717) is 22.3 Å². The number of rotatable bonds is 4. The third-order valence-electron chi connectivity index (χ3n) is 4.20. The second-order valence-corrected chi connectivity index (χ2v) is 6.96. The number of benzene rings is 2. The fraction of sp³-hybridized carbons (Fsp3) is 0.250. The van der Waals surface area contributed by atoms with Gasteiger partial charge in [-0.25, -0.2) is 4.68 Å². The van der Waals surface area contributed by atoms with Gasteiger partial charge in [-0.2, -0.15) is 5.10 Å². The van der Waals surface area contributed by atoms with Crippen LogP contribution in [0.25, 0.3) is 10.8 Å². The first-order valence-corrected chi connectivity index (χ1v) is 8.77. The molecule has 0 atom stereocenters. The van der Waals surface area contributed by atoms with Crippen molar-refractivity contribution < 1.29 is 4.79 Å². The zero-order valence-electron chi connectivity index (χ0n) is 14.9. The van der Waals surface area contributed by atoms with Crippen molar-refractivity contribution in [1.29, 1.82) is 0 Å². The fourth-order valence-electron chi connectivity index (χ4n) is 2.83. The van der Waals surface area contributed by atoms with Gasteiger partial charge in [-0.05, 0) is 37.6 Å². The van der Waals surface area contributed by atoms with Gasteiger partial charge in [-0.15, -0.1) is 0 Å². The average Bonchev–Trinajstić information content (AvgIpc) is 2.63. The van der Waals surface area contributed by atoms with Gasteiger partial charge in [0.25, 0.3) is 11.5 Å². The van der Waals surface area contributed by atoms with E-state index in [2.05, 4.69) is 5.10 Å². The van der Waals surface area contributed by atoms with E-state index in [9.17, 15) is 9.59 Å². The third-order valence-corrected chi connectivity index (χ3v) is 4.45. The monoisotopic (exact) mass is 369 g/mol. The summed E-state index contributed by atoms with van der Waals surface area (Å²) >= 11 is 5.91. The van der Waals surface area contributed by atoms with Crippen LogP contribution in [-0.2, 0) is 6.54 Å². The van der Waals surface area contributed by atoms with E-state index in [4.69, 9.17) is 11.6 Å². The topological polar surface area (TPSA) is 55.2 Å². The molecule has 0 unspecified atom stereocenters. The molecule has 3 rings (SSSR count).